The number of carbonyl (C=O) groups is 1. The maximum absolute atomic E-state index is 12.9. The second-order valence-electron chi connectivity index (χ2n) is 5.76. The molecule has 5 nitrogen and oxygen atoms in total. The minimum absolute atomic E-state index is 0.136. The third-order valence-electron chi connectivity index (χ3n) is 4.40. The topological polar surface area (TPSA) is 52.5 Å². The van der Waals surface area contributed by atoms with Gasteiger partial charge < -0.3 is 19.4 Å². The highest BCUT2D eigenvalue weighted by Crippen LogP contribution is 2.31. The molecule has 2 aromatic carbocycles. The van der Waals surface area contributed by atoms with E-state index in [2.05, 4.69) is 5.32 Å². The molecule has 0 aliphatic heterocycles. The van der Waals surface area contributed by atoms with Gasteiger partial charge in [0.15, 0.2) is 11.5 Å². The number of ether oxygens (including phenoxy) is 2. The molecule has 0 unspecified atom stereocenters. The third kappa shape index (κ3) is 2.93. The van der Waals surface area contributed by atoms with Crippen LogP contribution >= 0.6 is 0 Å². The van der Waals surface area contributed by atoms with E-state index in [1.165, 1.54) is 0 Å². The van der Waals surface area contributed by atoms with Crippen LogP contribution in [-0.2, 0) is 6.54 Å². The van der Waals surface area contributed by atoms with Gasteiger partial charge in [-0.1, -0.05) is 18.2 Å². The molecule has 0 saturated carbocycles. The van der Waals surface area contributed by atoms with Crippen LogP contribution in [0.25, 0.3) is 10.9 Å². The van der Waals surface area contributed by atoms with Gasteiger partial charge in [0, 0.05) is 29.2 Å². The molecule has 0 radical (unpaired) electrons. The molecule has 0 fully saturated rings. The van der Waals surface area contributed by atoms with E-state index < -0.39 is 0 Å². The minimum atomic E-state index is -0.136. The van der Waals surface area contributed by atoms with E-state index >= 15 is 0 Å². The van der Waals surface area contributed by atoms with Gasteiger partial charge in [0.1, 0.15) is 5.69 Å². The summed E-state index contributed by atoms with van der Waals surface area (Å²) in [7, 11) is 3.15. The molecule has 25 heavy (non-hydrogen) atoms. The first-order valence-corrected chi connectivity index (χ1v) is 8.21. The summed E-state index contributed by atoms with van der Waals surface area (Å²) in [5, 5.41) is 4.06. The number of para-hydroxylation sites is 1. The normalized spacial score (nSPS) is 10.7. The number of nitrogens with zero attached hydrogens (tertiary/aromatic N) is 1. The molecule has 1 amide bonds. The second kappa shape index (κ2) is 6.89. The molecule has 1 aromatic heterocycles. The summed E-state index contributed by atoms with van der Waals surface area (Å²) >= 11 is 0. The molecule has 0 saturated heterocycles. The summed E-state index contributed by atoms with van der Waals surface area (Å²) in [6, 6.07) is 13.4. The number of fused-ring (bicyclic) bond motifs is 1. The molecule has 130 valence electrons. The Morgan fingerprint density at radius 2 is 1.80 bits per heavy atom. The first-order chi connectivity index (χ1) is 12.1. The number of amides is 1. The van der Waals surface area contributed by atoms with Crippen LogP contribution in [0.3, 0.4) is 0 Å². The number of hydrogen-bond donors (Lipinski definition) is 1. The first kappa shape index (κ1) is 16.9. The van der Waals surface area contributed by atoms with Crippen LogP contribution in [-0.4, -0.2) is 24.7 Å². The zero-order valence-electron chi connectivity index (χ0n) is 14.9. The second-order valence-corrected chi connectivity index (χ2v) is 5.76. The van der Waals surface area contributed by atoms with Gasteiger partial charge in [0.05, 0.1) is 14.2 Å². The van der Waals surface area contributed by atoms with Crippen LogP contribution in [0, 0.1) is 6.92 Å². The summed E-state index contributed by atoms with van der Waals surface area (Å²) in [5.41, 5.74) is 3.39. The zero-order chi connectivity index (χ0) is 18.0. The number of benzene rings is 2. The lowest BCUT2D eigenvalue weighted by Gasteiger charge is -2.12. The molecule has 0 spiro atoms. The molecular formula is C20H22N2O3. The lowest BCUT2D eigenvalue weighted by molar-refractivity contribution is 0.101. The monoisotopic (exact) mass is 338 g/mol. The fraction of sp³-hybridized carbons (Fsp3) is 0.250. The Hall–Kier alpha value is -2.95. The number of aromatic nitrogens is 1. The van der Waals surface area contributed by atoms with Gasteiger partial charge in [0.25, 0.3) is 5.91 Å². The highest BCUT2D eigenvalue weighted by molar-refractivity contribution is 6.08. The largest absolute Gasteiger partial charge is 0.493 e. The van der Waals surface area contributed by atoms with Crippen molar-refractivity contribution in [2.24, 2.45) is 0 Å². The van der Waals surface area contributed by atoms with Gasteiger partial charge in [-0.25, -0.2) is 0 Å². The Labute approximate surface area is 147 Å². The smallest absolute Gasteiger partial charge is 0.272 e. The summed E-state index contributed by atoms with van der Waals surface area (Å²) < 4.78 is 12.6. The van der Waals surface area contributed by atoms with Gasteiger partial charge in [-0.2, -0.15) is 0 Å². The highest BCUT2D eigenvalue weighted by atomic mass is 16.5. The predicted molar refractivity (Wildman–Crippen MR) is 99.8 cm³/mol. The fourth-order valence-electron chi connectivity index (χ4n) is 3.20. The number of nitrogens with one attached hydrogen (secondary N) is 1. The van der Waals surface area contributed by atoms with Gasteiger partial charge in [-0.3, -0.25) is 4.79 Å². The van der Waals surface area contributed by atoms with E-state index in [9.17, 15) is 4.79 Å². The molecule has 0 aliphatic carbocycles. The van der Waals surface area contributed by atoms with E-state index in [-0.39, 0.29) is 5.91 Å². The van der Waals surface area contributed by atoms with Crippen molar-refractivity contribution < 1.29 is 14.3 Å². The molecule has 0 atom stereocenters. The van der Waals surface area contributed by atoms with E-state index in [0.29, 0.717) is 22.9 Å². The standard InChI is InChI=1S/C20H22N2O3/c1-5-22-16-9-7-6-8-15(16)13(2)19(22)20(23)21-14-10-11-17(24-3)18(12-14)25-4/h6-12H,5H2,1-4H3,(H,21,23). The third-order valence-corrected chi connectivity index (χ3v) is 4.40. The molecule has 1 N–H and O–H groups in total. The molecule has 5 heteroatoms. The van der Waals surface area contributed by atoms with Crippen molar-refractivity contribution >= 4 is 22.5 Å². The van der Waals surface area contributed by atoms with Crippen LogP contribution in [0.2, 0.25) is 0 Å². The van der Waals surface area contributed by atoms with Crippen LogP contribution in [0.4, 0.5) is 5.69 Å². The van der Waals surface area contributed by atoms with E-state index in [4.69, 9.17) is 9.47 Å². The van der Waals surface area contributed by atoms with Crippen molar-refractivity contribution in [1.82, 2.24) is 4.57 Å². The van der Waals surface area contributed by atoms with Crippen LogP contribution in [0.15, 0.2) is 42.5 Å². The highest BCUT2D eigenvalue weighted by Gasteiger charge is 2.19. The summed E-state index contributed by atoms with van der Waals surface area (Å²) in [5.74, 6) is 1.06. The van der Waals surface area contributed by atoms with Crippen molar-refractivity contribution in [2.45, 2.75) is 20.4 Å². The Balaban J connectivity index is 1.99. The number of hydrogen-bond acceptors (Lipinski definition) is 3. The lowest BCUT2D eigenvalue weighted by Crippen LogP contribution is -2.18. The Bertz CT molecular complexity index is 928. The summed E-state index contributed by atoms with van der Waals surface area (Å²) in [6.07, 6.45) is 0. The van der Waals surface area contributed by atoms with Gasteiger partial charge in [-0.05, 0) is 37.6 Å². The van der Waals surface area contributed by atoms with E-state index in [0.717, 1.165) is 23.0 Å². The van der Waals surface area contributed by atoms with Gasteiger partial charge in [-0.15, -0.1) is 0 Å². The first-order valence-electron chi connectivity index (χ1n) is 8.21. The summed E-state index contributed by atoms with van der Waals surface area (Å²) in [4.78, 5) is 12.9. The van der Waals surface area contributed by atoms with E-state index in [1.807, 2.05) is 42.7 Å². The van der Waals surface area contributed by atoms with Crippen LogP contribution in [0.1, 0.15) is 23.0 Å². The quantitative estimate of drug-likeness (QED) is 0.757. The SMILES string of the molecule is CCn1c(C(=O)Nc2ccc(OC)c(OC)c2)c(C)c2ccccc21. The van der Waals surface area contributed by atoms with Crippen LogP contribution in [0.5, 0.6) is 11.5 Å². The molecule has 0 aliphatic rings. The minimum Gasteiger partial charge on any atom is -0.493 e. The zero-order valence-corrected chi connectivity index (χ0v) is 14.9. The number of aryl methyl sites for hydroxylation is 2. The number of rotatable bonds is 5. The molecule has 0 bridgehead atoms. The van der Waals surface area contributed by atoms with E-state index in [1.54, 1.807) is 32.4 Å². The molecule has 3 aromatic rings. The van der Waals surface area contributed by atoms with Crippen molar-refractivity contribution in [3.63, 3.8) is 0 Å². The number of methoxy groups -OCH3 is 2. The Morgan fingerprint density at radius 1 is 1.08 bits per heavy atom. The van der Waals surface area contributed by atoms with Crippen molar-refractivity contribution in [2.75, 3.05) is 19.5 Å². The maximum atomic E-state index is 12.9. The average molecular weight is 338 g/mol. The Morgan fingerprint density at radius 3 is 2.48 bits per heavy atom. The van der Waals surface area contributed by atoms with Crippen molar-refractivity contribution in [3.8, 4) is 11.5 Å². The summed E-state index contributed by atoms with van der Waals surface area (Å²) in [6.45, 7) is 4.75. The number of anilines is 1. The number of carbonyl (C=O) groups excluding carboxylic acids is 1. The maximum Gasteiger partial charge on any atom is 0.272 e. The fourth-order valence-corrected chi connectivity index (χ4v) is 3.20. The van der Waals surface area contributed by atoms with Gasteiger partial charge in [0.2, 0.25) is 0 Å². The predicted octanol–water partition coefficient (Wildman–Crippen LogP) is 4.24. The van der Waals surface area contributed by atoms with Gasteiger partial charge >= 0.3 is 0 Å². The molecule has 1 heterocycles. The lowest BCUT2D eigenvalue weighted by atomic mass is 10.1. The van der Waals surface area contributed by atoms with Crippen molar-refractivity contribution in [3.05, 3.63) is 53.7 Å². The Kier molecular flexibility index (Phi) is 4.65. The van der Waals surface area contributed by atoms with Crippen LogP contribution < -0.4 is 14.8 Å². The van der Waals surface area contributed by atoms with Crippen molar-refractivity contribution in [1.29, 1.82) is 0 Å². The molecule has 3 rings (SSSR count). The molecular weight excluding hydrogens is 316 g/mol. The average Bonchev–Trinajstić information content (AvgIpc) is 2.94.